The summed E-state index contributed by atoms with van der Waals surface area (Å²) in [5, 5.41) is 5.42. The summed E-state index contributed by atoms with van der Waals surface area (Å²) >= 11 is 3.49. The lowest BCUT2D eigenvalue weighted by molar-refractivity contribution is -0.118. The van der Waals surface area contributed by atoms with E-state index in [-0.39, 0.29) is 23.8 Å². The molecule has 6 heteroatoms. The predicted molar refractivity (Wildman–Crippen MR) is 108 cm³/mol. The summed E-state index contributed by atoms with van der Waals surface area (Å²) in [5.41, 5.74) is 2.43. The van der Waals surface area contributed by atoms with E-state index in [2.05, 4.69) is 47.3 Å². The molecule has 2 rings (SSSR count). The molecule has 2 aromatic carbocycles. The van der Waals surface area contributed by atoms with Crippen LogP contribution in [0.3, 0.4) is 0 Å². The number of hydrogen-bond acceptors (Lipinski definition) is 3. The maximum absolute atomic E-state index is 12.1. The maximum atomic E-state index is 12.1. The van der Waals surface area contributed by atoms with E-state index in [1.165, 1.54) is 12.5 Å². The second-order valence-electron chi connectivity index (χ2n) is 6.99. The van der Waals surface area contributed by atoms with Crippen molar-refractivity contribution in [1.29, 1.82) is 0 Å². The SMILES string of the molecule is CC(=O)Nc1cccc(NC(=O)COc2ccc(C(C)(C)C)cc2Br)c1. The molecular formula is C20H23BrN2O3. The third-order valence-electron chi connectivity index (χ3n) is 3.62. The Morgan fingerprint density at radius 2 is 1.69 bits per heavy atom. The van der Waals surface area contributed by atoms with Gasteiger partial charge in [-0.1, -0.05) is 32.9 Å². The number of nitrogens with one attached hydrogen (secondary N) is 2. The van der Waals surface area contributed by atoms with Gasteiger partial charge in [0.2, 0.25) is 5.91 Å². The van der Waals surface area contributed by atoms with Crippen molar-refractivity contribution in [3.05, 3.63) is 52.5 Å². The van der Waals surface area contributed by atoms with E-state index in [1.807, 2.05) is 18.2 Å². The van der Waals surface area contributed by atoms with Crippen molar-refractivity contribution in [2.45, 2.75) is 33.1 Å². The minimum absolute atomic E-state index is 0.0390. The number of halogens is 1. The maximum Gasteiger partial charge on any atom is 0.262 e. The van der Waals surface area contributed by atoms with Crippen molar-refractivity contribution in [1.82, 2.24) is 0 Å². The summed E-state index contributed by atoms with van der Waals surface area (Å²) in [5.74, 6) is 0.164. The van der Waals surface area contributed by atoms with E-state index in [4.69, 9.17) is 4.74 Å². The van der Waals surface area contributed by atoms with Crippen LogP contribution in [0.25, 0.3) is 0 Å². The predicted octanol–water partition coefficient (Wildman–Crippen LogP) is 4.72. The summed E-state index contributed by atoms with van der Waals surface area (Å²) < 4.78 is 6.42. The molecular weight excluding hydrogens is 396 g/mol. The van der Waals surface area contributed by atoms with Gasteiger partial charge in [-0.05, 0) is 57.2 Å². The number of ether oxygens (including phenoxy) is 1. The Morgan fingerprint density at radius 1 is 1.04 bits per heavy atom. The highest BCUT2D eigenvalue weighted by atomic mass is 79.9. The van der Waals surface area contributed by atoms with Gasteiger partial charge in [0, 0.05) is 18.3 Å². The van der Waals surface area contributed by atoms with Crippen molar-refractivity contribution >= 4 is 39.1 Å². The van der Waals surface area contributed by atoms with Crippen LogP contribution in [-0.4, -0.2) is 18.4 Å². The van der Waals surface area contributed by atoms with Gasteiger partial charge in [0.05, 0.1) is 4.47 Å². The molecule has 0 saturated carbocycles. The molecule has 138 valence electrons. The zero-order chi connectivity index (χ0) is 19.3. The molecule has 0 fully saturated rings. The van der Waals surface area contributed by atoms with Crippen LogP contribution in [0.4, 0.5) is 11.4 Å². The first-order valence-corrected chi connectivity index (χ1v) is 9.05. The van der Waals surface area contributed by atoms with Crippen molar-refractivity contribution in [3.63, 3.8) is 0 Å². The number of benzene rings is 2. The molecule has 0 spiro atoms. The van der Waals surface area contributed by atoms with Crippen LogP contribution in [0, 0.1) is 0 Å². The Morgan fingerprint density at radius 3 is 2.27 bits per heavy atom. The molecule has 0 radical (unpaired) electrons. The van der Waals surface area contributed by atoms with Crippen LogP contribution in [0.5, 0.6) is 5.75 Å². The monoisotopic (exact) mass is 418 g/mol. The molecule has 2 aromatic rings. The average Bonchev–Trinajstić information content (AvgIpc) is 2.52. The van der Waals surface area contributed by atoms with Gasteiger partial charge >= 0.3 is 0 Å². The minimum atomic E-state index is -0.281. The number of carbonyl (C=O) groups is 2. The van der Waals surface area contributed by atoms with Gasteiger partial charge in [-0.2, -0.15) is 0 Å². The lowest BCUT2D eigenvalue weighted by Gasteiger charge is -2.20. The Bertz CT molecular complexity index is 813. The lowest BCUT2D eigenvalue weighted by atomic mass is 9.87. The fourth-order valence-electron chi connectivity index (χ4n) is 2.30. The molecule has 0 aromatic heterocycles. The molecule has 0 aliphatic rings. The zero-order valence-corrected chi connectivity index (χ0v) is 16.9. The number of anilines is 2. The van der Waals surface area contributed by atoms with Crippen LogP contribution >= 0.6 is 15.9 Å². The van der Waals surface area contributed by atoms with Crippen LogP contribution < -0.4 is 15.4 Å². The van der Waals surface area contributed by atoms with Crippen molar-refractivity contribution in [2.24, 2.45) is 0 Å². The molecule has 26 heavy (non-hydrogen) atoms. The average molecular weight is 419 g/mol. The summed E-state index contributed by atoms with van der Waals surface area (Å²) in [6.45, 7) is 7.73. The molecule has 0 aliphatic heterocycles. The number of rotatable bonds is 5. The Kier molecular flexibility index (Phi) is 6.42. The first kappa shape index (κ1) is 20.0. The van der Waals surface area contributed by atoms with Crippen molar-refractivity contribution < 1.29 is 14.3 Å². The normalized spacial score (nSPS) is 11.0. The smallest absolute Gasteiger partial charge is 0.262 e. The van der Waals surface area contributed by atoms with Crippen molar-refractivity contribution in [2.75, 3.05) is 17.2 Å². The zero-order valence-electron chi connectivity index (χ0n) is 15.4. The molecule has 0 saturated heterocycles. The molecule has 2 amide bonds. The largest absolute Gasteiger partial charge is 0.483 e. The number of hydrogen-bond donors (Lipinski definition) is 2. The van der Waals surface area contributed by atoms with Gasteiger partial charge in [-0.3, -0.25) is 9.59 Å². The van der Waals surface area contributed by atoms with Gasteiger partial charge in [-0.15, -0.1) is 0 Å². The van der Waals surface area contributed by atoms with Crippen LogP contribution in [-0.2, 0) is 15.0 Å². The van der Waals surface area contributed by atoms with E-state index in [1.54, 1.807) is 24.3 Å². The molecule has 2 N–H and O–H groups in total. The summed E-state index contributed by atoms with van der Waals surface area (Å²) in [6.07, 6.45) is 0. The Hall–Kier alpha value is -2.34. The highest BCUT2D eigenvalue weighted by Crippen LogP contribution is 2.31. The van der Waals surface area contributed by atoms with E-state index in [0.29, 0.717) is 17.1 Å². The summed E-state index contributed by atoms with van der Waals surface area (Å²) in [6, 6.07) is 12.8. The Balaban J connectivity index is 1.96. The third-order valence-corrected chi connectivity index (χ3v) is 4.24. The van der Waals surface area contributed by atoms with Crippen molar-refractivity contribution in [3.8, 4) is 5.75 Å². The van der Waals surface area contributed by atoms with Crippen LogP contribution in [0.1, 0.15) is 33.3 Å². The number of carbonyl (C=O) groups excluding carboxylic acids is 2. The summed E-state index contributed by atoms with van der Waals surface area (Å²) in [7, 11) is 0. The van der Waals surface area contributed by atoms with E-state index in [9.17, 15) is 9.59 Å². The summed E-state index contributed by atoms with van der Waals surface area (Å²) in [4.78, 5) is 23.2. The quantitative estimate of drug-likeness (QED) is 0.737. The third kappa shape index (κ3) is 5.88. The second kappa shape index (κ2) is 8.36. The minimum Gasteiger partial charge on any atom is -0.483 e. The highest BCUT2D eigenvalue weighted by molar-refractivity contribution is 9.10. The standard InChI is InChI=1S/C20H23BrN2O3/c1-13(24)22-15-6-5-7-16(11-15)23-19(25)12-26-18-9-8-14(10-17(18)21)20(2,3)4/h5-11H,12H2,1-4H3,(H,22,24)(H,23,25). The van der Waals surface area contributed by atoms with Gasteiger partial charge in [0.1, 0.15) is 5.75 Å². The topological polar surface area (TPSA) is 67.4 Å². The van der Waals surface area contributed by atoms with Gasteiger partial charge in [0.15, 0.2) is 6.61 Å². The lowest BCUT2D eigenvalue weighted by Crippen LogP contribution is -2.20. The molecule has 5 nitrogen and oxygen atoms in total. The van der Waals surface area contributed by atoms with Gasteiger partial charge in [0.25, 0.3) is 5.91 Å². The second-order valence-corrected chi connectivity index (χ2v) is 7.85. The first-order valence-electron chi connectivity index (χ1n) is 8.25. The Labute approximate surface area is 162 Å². The van der Waals surface area contributed by atoms with Crippen LogP contribution in [0.2, 0.25) is 0 Å². The van der Waals surface area contributed by atoms with E-state index < -0.39 is 0 Å². The molecule has 0 heterocycles. The molecule has 0 bridgehead atoms. The fraction of sp³-hybridized carbons (Fsp3) is 0.300. The van der Waals surface area contributed by atoms with E-state index in [0.717, 1.165) is 4.47 Å². The van der Waals surface area contributed by atoms with E-state index >= 15 is 0 Å². The number of amides is 2. The molecule has 0 aliphatic carbocycles. The fourth-order valence-corrected chi connectivity index (χ4v) is 2.80. The highest BCUT2D eigenvalue weighted by Gasteiger charge is 2.15. The van der Waals surface area contributed by atoms with Gasteiger partial charge in [-0.25, -0.2) is 0 Å². The molecule has 0 unspecified atom stereocenters. The van der Waals surface area contributed by atoms with Crippen LogP contribution in [0.15, 0.2) is 46.9 Å². The molecule has 0 atom stereocenters. The van der Waals surface area contributed by atoms with Gasteiger partial charge < -0.3 is 15.4 Å². The first-order chi connectivity index (χ1) is 12.1.